The van der Waals surface area contributed by atoms with E-state index in [1.165, 1.54) is 13.2 Å². The minimum Gasteiger partial charge on any atom is -0.469 e. The molecule has 0 bridgehead atoms. The quantitative estimate of drug-likeness (QED) is 0.808. The van der Waals surface area contributed by atoms with E-state index in [4.69, 9.17) is 9.47 Å². The van der Waals surface area contributed by atoms with Crippen LogP contribution >= 0.6 is 11.3 Å². The van der Waals surface area contributed by atoms with Crippen LogP contribution in [0.1, 0.15) is 17.7 Å². The molecule has 3 rings (SSSR count). The third-order valence-electron chi connectivity index (χ3n) is 3.24. The molecule has 0 fully saturated rings. The van der Waals surface area contributed by atoms with Crippen LogP contribution < -0.4 is 9.47 Å². The van der Waals surface area contributed by atoms with Gasteiger partial charge >= 0.3 is 5.97 Å². The fourth-order valence-electron chi connectivity index (χ4n) is 2.09. The van der Waals surface area contributed by atoms with Crippen LogP contribution in [0.5, 0.6) is 11.5 Å². The predicted octanol–water partition coefficient (Wildman–Crippen LogP) is 3.68. The minimum atomic E-state index is -3.07. The number of thiophene rings is 1. The van der Waals surface area contributed by atoms with Gasteiger partial charge in [-0.1, -0.05) is 0 Å². The van der Waals surface area contributed by atoms with Crippen molar-refractivity contribution >= 4 is 27.4 Å². The lowest BCUT2D eigenvalue weighted by Gasteiger charge is -2.13. The van der Waals surface area contributed by atoms with Crippen LogP contribution in [0.15, 0.2) is 18.2 Å². The van der Waals surface area contributed by atoms with Gasteiger partial charge in [-0.25, -0.2) is 8.78 Å². The van der Waals surface area contributed by atoms with Crippen LogP contribution in [0, 0.1) is 0 Å². The summed E-state index contributed by atoms with van der Waals surface area (Å²) in [6, 6.07) is 4.81. The smallest absolute Gasteiger partial charge is 0.305 e. The Hall–Kier alpha value is -1.89. The van der Waals surface area contributed by atoms with E-state index >= 15 is 0 Å². The topological polar surface area (TPSA) is 44.8 Å². The van der Waals surface area contributed by atoms with E-state index in [1.807, 2.05) is 0 Å². The van der Waals surface area contributed by atoms with Gasteiger partial charge in [0.2, 0.25) is 6.79 Å². The highest BCUT2D eigenvalue weighted by atomic mass is 32.1. The number of ether oxygens (including phenoxy) is 3. The highest BCUT2D eigenvalue weighted by Gasteiger charge is 2.34. The molecule has 0 atom stereocenters. The van der Waals surface area contributed by atoms with Crippen molar-refractivity contribution < 1.29 is 27.8 Å². The zero-order valence-corrected chi connectivity index (χ0v) is 12.0. The van der Waals surface area contributed by atoms with Gasteiger partial charge < -0.3 is 14.2 Å². The monoisotopic (exact) mass is 314 g/mol. The fraction of sp³-hybridized carbons (Fsp3) is 0.357. The van der Waals surface area contributed by atoms with Crippen molar-refractivity contribution in [3.05, 3.63) is 23.1 Å². The lowest BCUT2D eigenvalue weighted by molar-refractivity contribution is -0.142. The van der Waals surface area contributed by atoms with Crippen LogP contribution in [0.2, 0.25) is 0 Å². The molecule has 0 spiro atoms. The Balaban J connectivity index is 1.88. The molecule has 0 aliphatic carbocycles. The molecule has 112 valence electrons. The molecule has 1 aliphatic rings. The molecule has 1 aromatic carbocycles. The summed E-state index contributed by atoms with van der Waals surface area (Å²) in [5, 5.41) is 0.678. The normalized spacial score (nSPS) is 13.7. The number of hydrogen-bond donors (Lipinski definition) is 0. The summed E-state index contributed by atoms with van der Waals surface area (Å²) in [4.78, 5) is 10.9. The summed E-state index contributed by atoms with van der Waals surface area (Å²) in [6.07, 6.45) is -0.889. The van der Waals surface area contributed by atoms with Crippen LogP contribution in [0.25, 0.3) is 10.1 Å². The second-order valence-electron chi connectivity index (χ2n) is 4.63. The molecule has 2 aromatic rings. The van der Waals surface area contributed by atoms with Crippen molar-refractivity contribution in [3.8, 4) is 11.5 Å². The molecular formula is C14H12F2O4S. The number of carbonyl (C=O) groups is 1. The number of esters is 1. The van der Waals surface area contributed by atoms with Crippen LogP contribution in [0.3, 0.4) is 0 Å². The van der Waals surface area contributed by atoms with E-state index in [0.717, 1.165) is 11.3 Å². The molecule has 2 heterocycles. The number of fused-ring (bicyclic) bond motifs is 2. The van der Waals surface area contributed by atoms with Crippen molar-refractivity contribution in [2.45, 2.75) is 18.8 Å². The van der Waals surface area contributed by atoms with Crippen molar-refractivity contribution in [2.75, 3.05) is 13.9 Å². The van der Waals surface area contributed by atoms with Gasteiger partial charge in [0.05, 0.1) is 18.4 Å². The molecule has 1 aromatic heterocycles. The molecule has 1 aliphatic heterocycles. The van der Waals surface area contributed by atoms with Crippen molar-refractivity contribution in [1.29, 1.82) is 0 Å². The van der Waals surface area contributed by atoms with Crippen molar-refractivity contribution in [3.63, 3.8) is 0 Å². The number of alkyl halides is 2. The number of halogens is 2. The maximum atomic E-state index is 14.1. The molecule has 4 nitrogen and oxygen atoms in total. The summed E-state index contributed by atoms with van der Waals surface area (Å²) in [6.45, 7) is 0.148. The van der Waals surface area contributed by atoms with Gasteiger partial charge in [-0.3, -0.25) is 4.79 Å². The lowest BCUT2D eigenvalue weighted by Crippen LogP contribution is -2.14. The molecule has 0 radical (unpaired) electrons. The Morgan fingerprint density at radius 3 is 2.76 bits per heavy atom. The number of methoxy groups -OCH3 is 1. The first-order chi connectivity index (χ1) is 9.99. The average Bonchev–Trinajstić information content (AvgIpc) is 3.07. The van der Waals surface area contributed by atoms with Gasteiger partial charge in [0.25, 0.3) is 5.92 Å². The van der Waals surface area contributed by atoms with Crippen LogP contribution in [-0.4, -0.2) is 19.9 Å². The first-order valence-electron chi connectivity index (χ1n) is 6.28. The summed E-state index contributed by atoms with van der Waals surface area (Å²) >= 11 is 0.992. The average molecular weight is 314 g/mol. The zero-order valence-electron chi connectivity index (χ0n) is 11.2. The molecule has 21 heavy (non-hydrogen) atoms. The summed E-state index contributed by atoms with van der Waals surface area (Å²) in [5.41, 5.74) is 0. The molecular weight excluding hydrogens is 302 g/mol. The van der Waals surface area contributed by atoms with Crippen LogP contribution in [-0.2, 0) is 15.5 Å². The van der Waals surface area contributed by atoms with E-state index in [-0.39, 0.29) is 18.1 Å². The molecule has 0 saturated heterocycles. The van der Waals surface area contributed by atoms with Gasteiger partial charge in [-0.15, -0.1) is 11.3 Å². The zero-order chi connectivity index (χ0) is 15.0. The third kappa shape index (κ3) is 2.65. The molecule has 7 heteroatoms. The third-order valence-corrected chi connectivity index (χ3v) is 4.45. The number of rotatable bonds is 4. The van der Waals surface area contributed by atoms with E-state index in [1.54, 1.807) is 12.1 Å². The first kappa shape index (κ1) is 14.1. The molecule has 0 unspecified atom stereocenters. The maximum absolute atomic E-state index is 14.1. The highest BCUT2D eigenvalue weighted by molar-refractivity contribution is 7.19. The van der Waals surface area contributed by atoms with Gasteiger partial charge in [0.15, 0.2) is 11.5 Å². The van der Waals surface area contributed by atoms with Gasteiger partial charge in [0.1, 0.15) is 0 Å². The maximum Gasteiger partial charge on any atom is 0.305 e. The standard InChI is InChI=1S/C14H12F2O4S/c1-18-13(17)2-3-14(15,16)12-5-8-4-9-10(20-7-19-9)6-11(8)21-12/h4-6H,2-3,7H2,1H3. The predicted molar refractivity (Wildman–Crippen MR) is 73.1 cm³/mol. The van der Waals surface area contributed by atoms with E-state index in [9.17, 15) is 13.6 Å². The Bertz CT molecular complexity index is 655. The summed E-state index contributed by atoms with van der Waals surface area (Å²) in [7, 11) is 1.18. The van der Waals surface area contributed by atoms with Gasteiger partial charge in [0, 0.05) is 17.2 Å². The first-order valence-corrected chi connectivity index (χ1v) is 7.09. The number of carbonyl (C=O) groups excluding carboxylic acids is 1. The van der Waals surface area contributed by atoms with Gasteiger partial charge in [-0.05, 0) is 17.5 Å². The van der Waals surface area contributed by atoms with Crippen molar-refractivity contribution in [2.24, 2.45) is 0 Å². The number of benzene rings is 1. The Kier molecular flexibility index (Phi) is 3.44. The lowest BCUT2D eigenvalue weighted by atomic mass is 10.1. The Labute approximate surface area is 123 Å². The minimum absolute atomic E-state index is 0.0786. The van der Waals surface area contributed by atoms with E-state index in [0.29, 0.717) is 21.6 Å². The van der Waals surface area contributed by atoms with E-state index in [2.05, 4.69) is 4.74 Å². The second-order valence-corrected chi connectivity index (χ2v) is 5.72. The SMILES string of the molecule is COC(=O)CCC(F)(F)c1cc2cc3c(cc2s1)OCO3. The molecule has 0 saturated carbocycles. The number of hydrogen-bond acceptors (Lipinski definition) is 5. The molecule has 0 N–H and O–H groups in total. The Morgan fingerprint density at radius 1 is 1.33 bits per heavy atom. The van der Waals surface area contributed by atoms with Crippen molar-refractivity contribution in [1.82, 2.24) is 0 Å². The van der Waals surface area contributed by atoms with E-state index < -0.39 is 18.3 Å². The molecule has 0 amide bonds. The fourth-order valence-corrected chi connectivity index (χ4v) is 3.17. The highest BCUT2D eigenvalue weighted by Crippen LogP contribution is 2.44. The Morgan fingerprint density at radius 2 is 2.05 bits per heavy atom. The summed E-state index contributed by atoms with van der Waals surface area (Å²) < 4.78 is 43.8. The van der Waals surface area contributed by atoms with Gasteiger partial charge in [-0.2, -0.15) is 0 Å². The second kappa shape index (κ2) is 5.14. The largest absolute Gasteiger partial charge is 0.469 e. The summed E-state index contributed by atoms with van der Waals surface area (Å²) in [5.74, 6) is -2.58. The van der Waals surface area contributed by atoms with Crippen LogP contribution in [0.4, 0.5) is 8.78 Å².